The van der Waals surface area contributed by atoms with E-state index >= 15 is 0 Å². The summed E-state index contributed by atoms with van der Waals surface area (Å²) in [6, 6.07) is -1.62. The lowest BCUT2D eigenvalue weighted by Gasteiger charge is -2.38. The van der Waals surface area contributed by atoms with E-state index in [0.29, 0.717) is 17.9 Å². The van der Waals surface area contributed by atoms with Gasteiger partial charge in [-0.3, -0.25) is 25.6 Å². The molecular weight excluding hydrogens is 358 g/mol. The largest absolute Gasteiger partial charge is 0.444 e. The number of ether oxygens (including phenoxy) is 1. The predicted octanol–water partition coefficient (Wildman–Crippen LogP) is -0.341. The third-order valence-electron chi connectivity index (χ3n) is 4.86. The molecule has 27 heavy (non-hydrogen) atoms. The zero-order valence-corrected chi connectivity index (χ0v) is 15.6. The number of hydroxylamine groups is 2. The Labute approximate surface area is 156 Å². The number of likely N-dealkylation sites (tertiary alicyclic amines) is 1. The van der Waals surface area contributed by atoms with Crippen LogP contribution in [0.1, 0.15) is 33.6 Å². The molecule has 5 amide bonds. The van der Waals surface area contributed by atoms with E-state index in [2.05, 4.69) is 10.9 Å². The van der Waals surface area contributed by atoms with Crippen molar-refractivity contribution >= 4 is 23.9 Å². The first kappa shape index (κ1) is 19.2. The molecule has 0 aromatic heterocycles. The number of rotatable bonds is 2. The maximum Gasteiger partial charge on any atom is 0.410 e. The van der Waals surface area contributed by atoms with Gasteiger partial charge in [-0.1, -0.05) is 0 Å². The molecule has 0 spiro atoms. The van der Waals surface area contributed by atoms with Crippen molar-refractivity contribution in [2.45, 2.75) is 51.3 Å². The van der Waals surface area contributed by atoms with E-state index in [4.69, 9.17) is 4.74 Å². The molecule has 0 radical (unpaired) electrons. The van der Waals surface area contributed by atoms with Crippen LogP contribution in [0.3, 0.4) is 0 Å². The van der Waals surface area contributed by atoms with Crippen molar-refractivity contribution in [1.29, 1.82) is 0 Å². The summed E-state index contributed by atoms with van der Waals surface area (Å²) in [5, 5.41) is 10.3. The van der Waals surface area contributed by atoms with Crippen molar-refractivity contribution in [1.82, 2.24) is 25.7 Å². The molecule has 3 rings (SSSR count). The van der Waals surface area contributed by atoms with Crippen LogP contribution in [0.4, 0.5) is 9.59 Å². The van der Waals surface area contributed by atoms with Gasteiger partial charge in [0.15, 0.2) is 0 Å². The maximum absolute atomic E-state index is 12.3. The van der Waals surface area contributed by atoms with E-state index in [9.17, 15) is 24.4 Å². The Hall–Kier alpha value is -2.56. The van der Waals surface area contributed by atoms with Gasteiger partial charge in [0.25, 0.3) is 5.91 Å². The molecule has 3 saturated heterocycles. The highest BCUT2D eigenvalue weighted by atomic mass is 16.6. The highest BCUT2D eigenvalue weighted by Gasteiger charge is 2.47. The summed E-state index contributed by atoms with van der Waals surface area (Å²) in [6.07, 6.45) is 0.442. The van der Waals surface area contributed by atoms with Gasteiger partial charge in [0.1, 0.15) is 11.6 Å². The lowest BCUT2D eigenvalue weighted by atomic mass is 10.00. The fourth-order valence-corrected chi connectivity index (χ4v) is 3.35. The van der Waals surface area contributed by atoms with Crippen LogP contribution in [0.15, 0.2) is 0 Å². The number of carbonyl (C=O) groups is 4. The standard InChI is InChI=1S/C16H25N5O6/c1-16(2,3)27-15(25)19-6-9(7-19)12(22)17-18-13(23)11-5-4-10-8-20(11)14(24)21(10)26/h9-11,26H,4-8H2,1-3H3,(H,17,22)(H,18,23)/t10?,11-/m0/s1. The number of hydrogen-bond acceptors (Lipinski definition) is 6. The smallest absolute Gasteiger partial charge is 0.410 e. The van der Waals surface area contributed by atoms with Crippen molar-refractivity contribution in [2.24, 2.45) is 5.92 Å². The molecule has 0 aromatic rings. The Morgan fingerprint density at radius 3 is 2.33 bits per heavy atom. The first-order valence-electron chi connectivity index (χ1n) is 8.93. The van der Waals surface area contributed by atoms with Gasteiger partial charge in [0.05, 0.1) is 12.0 Å². The monoisotopic (exact) mass is 383 g/mol. The fourth-order valence-electron chi connectivity index (χ4n) is 3.35. The van der Waals surface area contributed by atoms with Crippen LogP contribution in [0.25, 0.3) is 0 Å². The Morgan fingerprint density at radius 1 is 1.07 bits per heavy atom. The Bertz CT molecular complexity index is 656. The lowest BCUT2D eigenvalue weighted by Crippen LogP contribution is -2.60. The minimum atomic E-state index is -0.731. The van der Waals surface area contributed by atoms with Gasteiger partial charge < -0.3 is 14.5 Å². The second kappa shape index (κ2) is 6.87. The van der Waals surface area contributed by atoms with Crippen LogP contribution in [-0.4, -0.2) is 81.3 Å². The van der Waals surface area contributed by atoms with E-state index in [1.54, 1.807) is 20.8 Å². The number of hydrazine groups is 1. The molecule has 1 unspecified atom stereocenters. The van der Waals surface area contributed by atoms with E-state index < -0.39 is 41.5 Å². The summed E-state index contributed by atoms with van der Waals surface area (Å²) in [4.78, 5) is 50.9. The van der Waals surface area contributed by atoms with Crippen molar-refractivity contribution < 1.29 is 29.1 Å². The molecule has 3 aliphatic heterocycles. The van der Waals surface area contributed by atoms with Crippen LogP contribution in [-0.2, 0) is 14.3 Å². The molecular formula is C16H25N5O6. The van der Waals surface area contributed by atoms with Gasteiger partial charge in [-0.2, -0.15) is 0 Å². The average molecular weight is 383 g/mol. The number of carbonyl (C=O) groups excluding carboxylic acids is 4. The minimum absolute atomic E-state index is 0.214. The molecule has 150 valence electrons. The van der Waals surface area contributed by atoms with Crippen molar-refractivity contribution in [2.75, 3.05) is 19.6 Å². The molecule has 3 aliphatic rings. The molecule has 3 heterocycles. The third-order valence-corrected chi connectivity index (χ3v) is 4.86. The zero-order chi connectivity index (χ0) is 19.9. The molecule has 11 heteroatoms. The van der Waals surface area contributed by atoms with Gasteiger partial charge in [0.2, 0.25) is 5.91 Å². The molecule has 0 aliphatic carbocycles. The lowest BCUT2D eigenvalue weighted by molar-refractivity contribution is -0.136. The fraction of sp³-hybridized carbons (Fsp3) is 0.750. The number of amides is 5. The topological polar surface area (TPSA) is 132 Å². The number of fused-ring (bicyclic) bond motifs is 2. The SMILES string of the molecule is CC(C)(C)OC(=O)N1CC(C(=O)NNC(=O)[C@@H]2CCC3CN2C(=O)N3O)C1. The summed E-state index contributed by atoms with van der Waals surface area (Å²) in [7, 11) is 0. The number of nitrogens with zero attached hydrogens (tertiary/aromatic N) is 3. The summed E-state index contributed by atoms with van der Waals surface area (Å²) in [5.74, 6) is -1.35. The zero-order valence-electron chi connectivity index (χ0n) is 15.6. The first-order chi connectivity index (χ1) is 12.6. The molecule has 3 N–H and O–H groups in total. The number of piperidine rings is 1. The molecule has 2 bridgehead atoms. The summed E-state index contributed by atoms with van der Waals surface area (Å²) in [5.41, 5.74) is 4.07. The number of urea groups is 1. The minimum Gasteiger partial charge on any atom is -0.444 e. The summed E-state index contributed by atoms with van der Waals surface area (Å²) in [6.45, 7) is 6.00. The van der Waals surface area contributed by atoms with E-state index in [1.165, 1.54) is 9.80 Å². The van der Waals surface area contributed by atoms with Gasteiger partial charge in [-0.15, -0.1) is 0 Å². The Balaban J connectivity index is 1.42. The van der Waals surface area contributed by atoms with Crippen molar-refractivity contribution in [3.8, 4) is 0 Å². The quantitative estimate of drug-likeness (QED) is 0.442. The van der Waals surface area contributed by atoms with E-state index in [0.717, 1.165) is 0 Å². The van der Waals surface area contributed by atoms with Gasteiger partial charge in [-0.25, -0.2) is 14.7 Å². The molecule has 11 nitrogen and oxygen atoms in total. The maximum atomic E-state index is 12.3. The van der Waals surface area contributed by atoms with E-state index in [-0.39, 0.29) is 25.7 Å². The molecule has 0 saturated carbocycles. The highest BCUT2D eigenvalue weighted by molar-refractivity contribution is 5.90. The molecule has 2 atom stereocenters. The van der Waals surface area contributed by atoms with Gasteiger partial charge >= 0.3 is 12.1 Å². The normalized spacial score (nSPS) is 25.2. The van der Waals surface area contributed by atoms with Crippen LogP contribution < -0.4 is 10.9 Å². The average Bonchev–Trinajstić information content (AvgIpc) is 2.74. The third kappa shape index (κ3) is 3.92. The number of nitrogens with one attached hydrogen (secondary N) is 2. The van der Waals surface area contributed by atoms with Crippen LogP contribution in [0.5, 0.6) is 0 Å². The van der Waals surface area contributed by atoms with Crippen LogP contribution in [0.2, 0.25) is 0 Å². The Kier molecular flexibility index (Phi) is 4.89. The van der Waals surface area contributed by atoms with Gasteiger partial charge in [0, 0.05) is 19.6 Å². The van der Waals surface area contributed by atoms with Crippen LogP contribution in [0, 0.1) is 5.92 Å². The highest BCUT2D eigenvalue weighted by Crippen LogP contribution is 2.28. The van der Waals surface area contributed by atoms with Crippen molar-refractivity contribution in [3.63, 3.8) is 0 Å². The second-order valence-corrected chi connectivity index (χ2v) is 8.09. The Morgan fingerprint density at radius 2 is 1.70 bits per heavy atom. The molecule has 0 aromatic carbocycles. The second-order valence-electron chi connectivity index (χ2n) is 8.09. The first-order valence-corrected chi connectivity index (χ1v) is 8.93. The predicted molar refractivity (Wildman–Crippen MR) is 90.1 cm³/mol. The summed E-state index contributed by atoms with van der Waals surface area (Å²) < 4.78 is 5.22. The van der Waals surface area contributed by atoms with Gasteiger partial charge in [-0.05, 0) is 33.6 Å². The van der Waals surface area contributed by atoms with E-state index in [1.807, 2.05) is 0 Å². The number of hydrogen-bond donors (Lipinski definition) is 3. The molecule has 3 fully saturated rings. The van der Waals surface area contributed by atoms with Crippen molar-refractivity contribution in [3.05, 3.63) is 0 Å². The summed E-state index contributed by atoms with van der Waals surface area (Å²) >= 11 is 0. The van der Waals surface area contributed by atoms with Crippen LogP contribution >= 0.6 is 0 Å².